The van der Waals surface area contributed by atoms with E-state index in [9.17, 15) is 0 Å². The highest BCUT2D eigenvalue weighted by molar-refractivity contribution is 6.30. The van der Waals surface area contributed by atoms with E-state index in [1.54, 1.807) is 23.1 Å². The fourth-order valence-corrected chi connectivity index (χ4v) is 3.56. The summed E-state index contributed by atoms with van der Waals surface area (Å²) in [6, 6.07) is 11.0. The van der Waals surface area contributed by atoms with Gasteiger partial charge in [0.1, 0.15) is 11.5 Å². The Bertz CT molecular complexity index is 1100. The minimum Gasteiger partial charge on any atom is -0.463 e. The Kier molecular flexibility index (Phi) is 3.75. The fourth-order valence-electron chi connectivity index (χ4n) is 3.43. The molecule has 0 bridgehead atoms. The highest BCUT2D eigenvalue weighted by Gasteiger charge is 2.23. The molecule has 1 saturated heterocycles. The Balaban J connectivity index is 1.75. The van der Waals surface area contributed by atoms with Gasteiger partial charge in [0.15, 0.2) is 11.4 Å². The van der Waals surface area contributed by atoms with Crippen LogP contribution in [0.3, 0.4) is 0 Å². The zero-order valence-corrected chi connectivity index (χ0v) is 15.2. The molecule has 4 heterocycles. The summed E-state index contributed by atoms with van der Waals surface area (Å²) in [6.45, 7) is 1.88. The highest BCUT2D eigenvalue weighted by atomic mass is 35.5. The number of fused-ring (bicyclic) bond motifs is 1. The van der Waals surface area contributed by atoms with Crippen molar-refractivity contribution in [1.29, 1.82) is 0 Å². The molecule has 0 unspecified atom stereocenters. The molecule has 1 aromatic carbocycles. The van der Waals surface area contributed by atoms with Crippen molar-refractivity contribution in [3.05, 3.63) is 47.7 Å². The maximum atomic E-state index is 6.45. The number of halogens is 1. The summed E-state index contributed by atoms with van der Waals surface area (Å²) in [5.41, 5.74) is 8.46. The van der Waals surface area contributed by atoms with E-state index in [1.165, 1.54) is 0 Å². The van der Waals surface area contributed by atoms with Crippen molar-refractivity contribution in [2.24, 2.45) is 0 Å². The van der Waals surface area contributed by atoms with Crippen LogP contribution in [0.25, 0.3) is 28.2 Å². The summed E-state index contributed by atoms with van der Waals surface area (Å²) in [7, 11) is 0. The smallest absolute Gasteiger partial charge is 0.228 e. The predicted molar refractivity (Wildman–Crippen MR) is 105 cm³/mol. The monoisotopic (exact) mass is 380 g/mol. The van der Waals surface area contributed by atoms with Gasteiger partial charge in [0, 0.05) is 18.1 Å². The molecule has 2 N–H and O–H groups in total. The van der Waals surface area contributed by atoms with Gasteiger partial charge >= 0.3 is 0 Å². The summed E-state index contributed by atoms with van der Waals surface area (Å²) < 4.78 is 7.27. The van der Waals surface area contributed by atoms with Crippen LogP contribution in [-0.2, 0) is 0 Å². The molecule has 0 aliphatic carbocycles. The van der Waals surface area contributed by atoms with Crippen molar-refractivity contribution in [3.63, 3.8) is 0 Å². The number of benzene rings is 1. The quantitative estimate of drug-likeness (QED) is 0.580. The molecule has 0 atom stereocenters. The second-order valence-electron chi connectivity index (χ2n) is 6.52. The number of hydrogen-bond donors (Lipinski definition) is 1. The van der Waals surface area contributed by atoms with Crippen molar-refractivity contribution in [3.8, 4) is 17.1 Å². The summed E-state index contributed by atoms with van der Waals surface area (Å²) in [5, 5.41) is 5.98. The molecule has 7 nitrogen and oxygen atoms in total. The molecule has 1 aliphatic heterocycles. The van der Waals surface area contributed by atoms with Gasteiger partial charge in [0.05, 0.1) is 17.3 Å². The number of nitrogens with zero attached hydrogens (tertiary/aromatic N) is 5. The van der Waals surface area contributed by atoms with Crippen molar-refractivity contribution < 1.29 is 4.42 Å². The number of nitrogen functional groups attached to an aromatic ring is 1. The lowest BCUT2D eigenvalue weighted by atomic mass is 10.2. The Morgan fingerprint density at radius 1 is 1.04 bits per heavy atom. The molecule has 3 aromatic heterocycles. The molecule has 0 amide bonds. The van der Waals surface area contributed by atoms with E-state index in [2.05, 4.69) is 15.0 Å². The number of anilines is 2. The maximum absolute atomic E-state index is 6.45. The number of aromatic nitrogens is 4. The highest BCUT2D eigenvalue weighted by Crippen LogP contribution is 2.34. The molecule has 4 aromatic rings. The van der Waals surface area contributed by atoms with E-state index in [1.807, 2.05) is 24.3 Å². The van der Waals surface area contributed by atoms with Crippen LogP contribution in [0.4, 0.5) is 11.8 Å². The Hall–Kier alpha value is -3.06. The molecule has 1 fully saturated rings. The predicted octanol–water partition coefficient (Wildman–Crippen LogP) is 3.91. The molecule has 8 heteroatoms. The standard InChI is InChI=1S/C19H17ClN6O/c20-12-5-7-13(8-6-12)26-17(21)15-16(14-4-3-11-27-14)22-19(23-18(15)24-26)25-9-1-2-10-25/h3-8,11H,1-2,9-10,21H2. The van der Waals surface area contributed by atoms with E-state index in [4.69, 9.17) is 26.7 Å². The zero-order valence-electron chi connectivity index (χ0n) is 14.5. The summed E-state index contributed by atoms with van der Waals surface area (Å²) >= 11 is 6.00. The topological polar surface area (TPSA) is 86.0 Å². The third kappa shape index (κ3) is 2.71. The second kappa shape index (κ2) is 6.28. The minimum absolute atomic E-state index is 0.465. The van der Waals surface area contributed by atoms with E-state index in [-0.39, 0.29) is 0 Å². The molecule has 136 valence electrons. The zero-order chi connectivity index (χ0) is 18.4. The lowest BCUT2D eigenvalue weighted by Gasteiger charge is -2.15. The number of rotatable bonds is 3. The largest absolute Gasteiger partial charge is 0.463 e. The van der Waals surface area contributed by atoms with Gasteiger partial charge in [-0.05, 0) is 49.2 Å². The van der Waals surface area contributed by atoms with Crippen LogP contribution in [0.2, 0.25) is 5.02 Å². The summed E-state index contributed by atoms with van der Waals surface area (Å²) in [5.74, 6) is 1.77. The molecule has 0 spiro atoms. The molecular weight excluding hydrogens is 364 g/mol. The van der Waals surface area contributed by atoms with Gasteiger partial charge in [0.25, 0.3) is 0 Å². The number of hydrogen-bond acceptors (Lipinski definition) is 6. The maximum Gasteiger partial charge on any atom is 0.228 e. The van der Waals surface area contributed by atoms with Crippen molar-refractivity contribution in [1.82, 2.24) is 19.7 Å². The number of furan rings is 1. The van der Waals surface area contributed by atoms with Gasteiger partial charge in [0.2, 0.25) is 5.95 Å². The van der Waals surface area contributed by atoms with Crippen molar-refractivity contribution in [2.45, 2.75) is 12.8 Å². The summed E-state index contributed by atoms with van der Waals surface area (Å²) in [6.07, 6.45) is 3.90. The van der Waals surface area contributed by atoms with E-state index >= 15 is 0 Å². The lowest BCUT2D eigenvalue weighted by Crippen LogP contribution is -2.20. The molecule has 5 rings (SSSR count). The average Bonchev–Trinajstić information content (AvgIpc) is 3.44. The van der Waals surface area contributed by atoms with Crippen LogP contribution in [0, 0.1) is 0 Å². The van der Waals surface area contributed by atoms with Crippen LogP contribution in [0.1, 0.15) is 12.8 Å². The molecule has 27 heavy (non-hydrogen) atoms. The van der Waals surface area contributed by atoms with Crippen LogP contribution in [0.15, 0.2) is 47.1 Å². The molecule has 0 radical (unpaired) electrons. The first-order valence-corrected chi connectivity index (χ1v) is 9.19. The lowest BCUT2D eigenvalue weighted by molar-refractivity contribution is 0.580. The van der Waals surface area contributed by atoms with Gasteiger partial charge < -0.3 is 15.1 Å². The molecule has 1 aliphatic rings. The number of nitrogens with two attached hydrogens (primary N) is 1. The SMILES string of the molecule is Nc1c2c(-c3ccco3)nc(N3CCCC3)nc2nn1-c1ccc(Cl)cc1. The van der Waals surface area contributed by atoms with Gasteiger partial charge in [-0.3, -0.25) is 0 Å². The Labute approximate surface area is 160 Å². The van der Waals surface area contributed by atoms with Gasteiger partial charge in [-0.15, -0.1) is 5.10 Å². The average molecular weight is 381 g/mol. The van der Waals surface area contributed by atoms with E-state index < -0.39 is 0 Å². The third-order valence-electron chi connectivity index (χ3n) is 4.77. The van der Waals surface area contributed by atoms with Crippen molar-refractivity contribution in [2.75, 3.05) is 23.7 Å². The van der Waals surface area contributed by atoms with Crippen LogP contribution in [-0.4, -0.2) is 32.8 Å². The van der Waals surface area contributed by atoms with Gasteiger partial charge in [-0.1, -0.05) is 11.6 Å². The first kappa shape index (κ1) is 16.1. The van der Waals surface area contributed by atoms with E-state index in [0.29, 0.717) is 39.3 Å². The van der Waals surface area contributed by atoms with Crippen molar-refractivity contribution >= 4 is 34.4 Å². The van der Waals surface area contributed by atoms with E-state index in [0.717, 1.165) is 31.6 Å². The van der Waals surface area contributed by atoms with Crippen LogP contribution < -0.4 is 10.6 Å². The fraction of sp³-hybridized carbons (Fsp3) is 0.211. The normalized spacial score (nSPS) is 14.3. The molecular formula is C19H17ClN6O. The van der Waals surface area contributed by atoms with Crippen LogP contribution >= 0.6 is 11.6 Å². The third-order valence-corrected chi connectivity index (χ3v) is 5.02. The minimum atomic E-state index is 0.465. The second-order valence-corrected chi connectivity index (χ2v) is 6.95. The van der Waals surface area contributed by atoms with Crippen LogP contribution in [0.5, 0.6) is 0 Å². The Morgan fingerprint density at radius 3 is 2.52 bits per heavy atom. The Morgan fingerprint density at radius 2 is 1.81 bits per heavy atom. The molecule has 0 saturated carbocycles. The summed E-state index contributed by atoms with van der Waals surface area (Å²) in [4.78, 5) is 11.6. The first-order valence-electron chi connectivity index (χ1n) is 8.82. The first-order chi connectivity index (χ1) is 13.2. The van der Waals surface area contributed by atoms with Gasteiger partial charge in [-0.2, -0.15) is 4.98 Å². The van der Waals surface area contributed by atoms with Gasteiger partial charge in [-0.25, -0.2) is 9.67 Å².